The highest BCUT2D eigenvalue weighted by atomic mass is 35.5. The molecule has 1 spiro atoms. The van der Waals surface area contributed by atoms with E-state index in [0.29, 0.717) is 24.3 Å². The molecule has 0 saturated carbocycles. The van der Waals surface area contributed by atoms with Crippen molar-refractivity contribution >= 4 is 17.7 Å². The van der Waals surface area contributed by atoms with E-state index in [4.69, 9.17) is 21.1 Å². The summed E-state index contributed by atoms with van der Waals surface area (Å²) in [7, 11) is 0. The second-order valence-electron chi connectivity index (χ2n) is 9.37. The van der Waals surface area contributed by atoms with Gasteiger partial charge in [0.25, 0.3) is 0 Å². The van der Waals surface area contributed by atoms with Crippen molar-refractivity contribution in [3.05, 3.63) is 52.8 Å². The number of hydrogen-bond donors (Lipinski definition) is 0. The van der Waals surface area contributed by atoms with Gasteiger partial charge in [-0.2, -0.15) is 13.2 Å². The first-order valence-corrected chi connectivity index (χ1v) is 11.6. The second kappa shape index (κ2) is 9.62. The number of aromatic nitrogens is 1. The monoisotopic (exact) mass is 497 g/mol. The zero-order valence-corrected chi connectivity index (χ0v) is 19.8. The average Bonchev–Trinajstić information content (AvgIpc) is 2.72. The molecule has 10 heteroatoms. The molecule has 184 valence electrons. The zero-order valence-electron chi connectivity index (χ0n) is 19.1. The smallest absolute Gasteiger partial charge is 0.418 e. The maximum atomic E-state index is 12.8. The molecule has 6 nitrogen and oxygen atoms in total. The molecular formula is C24H27ClF3N3O3. The summed E-state index contributed by atoms with van der Waals surface area (Å²) < 4.78 is 49.4. The molecule has 0 bridgehead atoms. The lowest BCUT2D eigenvalue weighted by atomic mass is 9.72. The molecule has 2 aromatic rings. The van der Waals surface area contributed by atoms with Gasteiger partial charge in [-0.15, -0.1) is 0 Å². The van der Waals surface area contributed by atoms with Gasteiger partial charge in [0.1, 0.15) is 5.75 Å². The van der Waals surface area contributed by atoms with Gasteiger partial charge in [0.05, 0.1) is 17.9 Å². The lowest BCUT2D eigenvalue weighted by molar-refractivity contribution is -0.137. The number of alkyl halides is 3. The van der Waals surface area contributed by atoms with Crippen LogP contribution in [0.25, 0.3) is 0 Å². The molecule has 1 aromatic heterocycles. The minimum absolute atomic E-state index is 0.0697. The number of carbonyl (C=O) groups is 1. The van der Waals surface area contributed by atoms with Crippen LogP contribution in [0.2, 0.25) is 5.02 Å². The number of benzene rings is 1. The van der Waals surface area contributed by atoms with Gasteiger partial charge in [0.2, 0.25) is 0 Å². The molecule has 0 N–H and O–H groups in total. The van der Waals surface area contributed by atoms with E-state index >= 15 is 0 Å². The number of rotatable bonds is 5. The summed E-state index contributed by atoms with van der Waals surface area (Å²) in [5, 5.41) is 0.645. The SMILES string of the molecule is CC(C)Oc1cc(Cl)cc(CN2CC3(CCN(C(=O)Oc4cncc(C(F)(F)F)c4)CC3)C2)c1. The number of carbonyl (C=O) groups excluding carboxylic acids is 1. The van der Waals surface area contributed by atoms with Crippen LogP contribution in [0.3, 0.4) is 0 Å². The van der Waals surface area contributed by atoms with Crippen molar-refractivity contribution in [2.45, 2.75) is 45.5 Å². The van der Waals surface area contributed by atoms with Crippen molar-refractivity contribution in [1.29, 1.82) is 0 Å². The van der Waals surface area contributed by atoms with E-state index in [9.17, 15) is 18.0 Å². The molecule has 34 heavy (non-hydrogen) atoms. The molecule has 0 atom stereocenters. The van der Waals surface area contributed by atoms with Gasteiger partial charge < -0.3 is 14.4 Å². The number of likely N-dealkylation sites (tertiary alicyclic amines) is 2. The standard InChI is InChI=1S/C24H27ClF3N3O3/c1-16(2)33-20-8-17(7-19(25)10-20)13-30-14-23(15-30)3-5-31(6-4-23)22(32)34-21-9-18(11-29-12-21)24(26,27)28/h7-12,16H,3-6,13-15H2,1-2H3. The summed E-state index contributed by atoms with van der Waals surface area (Å²) in [6, 6.07) is 6.56. The molecule has 1 amide bonds. The molecule has 2 saturated heterocycles. The predicted molar refractivity (Wildman–Crippen MR) is 121 cm³/mol. The second-order valence-corrected chi connectivity index (χ2v) is 9.81. The van der Waals surface area contributed by atoms with E-state index in [2.05, 4.69) is 9.88 Å². The first-order chi connectivity index (χ1) is 16.0. The first-order valence-electron chi connectivity index (χ1n) is 11.2. The Labute approximate surface area is 201 Å². The fourth-order valence-corrected chi connectivity index (χ4v) is 4.85. The Hall–Kier alpha value is -2.52. The third-order valence-electron chi connectivity index (χ3n) is 6.16. The van der Waals surface area contributed by atoms with E-state index in [1.807, 2.05) is 32.0 Å². The Morgan fingerprint density at radius 2 is 1.82 bits per heavy atom. The molecular weight excluding hydrogens is 471 g/mol. The van der Waals surface area contributed by atoms with Crippen molar-refractivity contribution < 1.29 is 27.4 Å². The van der Waals surface area contributed by atoms with Crippen molar-refractivity contribution in [1.82, 2.24) is 14.8 Å². The van der Waals surface area contributed by atoms with Crippen LogP contribution in [0.15, 0.2) is 36.7 Å². The molecule has 2 aliphatic rings. The maximum absolute atomic E-state index is 12.8. The normalized spacial score (nSPS) is 18.1. The van der Waals surface area contributed by atoms with Crippen LogP contribution in [0.4, 0.5) is 18.0 Å². The number of pyridine rings is 1. The van der Waals surface area contributed by atoms with Crippen LogP contribution in [-0.4, -0.2) is 53.2 Å². The highest BCUT2D eigenvalue weighted by molar-refractivity contribution is 6.30. The summed E-state index contributed by atoms with van der Waals surface area (Å²) in [6.07, 6.45) is -1.68. The third-order valence-corrected chi connectivity index (χ3v) is 6.37. The van der Waals surface area contributed by atoms with E-state index in [0.717, 1.165) is 56.1 Å². The van der Waals surface area contributed by atoms with E-state index < -0.39 is 17.8 Å². The van der Waals surface area contributed by atoms with E-state index in [1.165, 1.54) is 0 Å². The van der Waals surface area contributed by atoms with Gasteiger partial charge in [-0.25, -0.2) is 4.79 Å². The van der Waals surface area contributed by atoms with E-state index in [-0.39, 0.29) is 17.3 Å². The molecule has 4 rings (SSSR count). The summed E-state index contributed by atoms with van der Waals surface area (Å²) in [4.78, 5) is 19.9. The van der Waals surface area contributed by atoms with Crippen molar-refractivity contribution in [2.75, 3.05) is 26.2 Å². The number of amides is 1. The minimum atomic E-state index is -4.54. The Morgan fingerprint density at radius 1 is 1.12 bits per heavy atom. The van der Waals surface area contributed by atoms with Crippen LogP contribution in [0.1, 0.15) is 37.8 Å². The zero-order chi connectivity index (χ0) is 24.5. The van der Waals surface area contributed by atoms with Crippen molar-refractivity contribution in [3.63, 3.8) is 0 Å². The molecule has 1 aromatic carbocycles. The molecule has 0 unspecified atom stereocenters. The Balaban J connectivity index is 1.27. The molecule has 0 aliphatic carbocycles. The average molecular weight is 498 g/mol. The number of halogens is 4. The number of nitrogens with zero attached hydrogens (tertiary/aromatic N) is 3. The largest absolute Gasteiger partial charge is 0.491 e. The van der Waals surface area contributed by atoms with Crippen LogP contribution >= 0.6 is 11.6 Å². The third kappa shape index (κ3) is 5.93. The van der Waals surface area contributed by atoms with Crippen LogP contribution in [-0.2, 0) is 12.7 Å². The summed E-state index contributed by atoms with van der Waals surface area (Å²) >= 11 is 6.25. The molecule has 3 heterocycles. The van der Waals surface area contributed by atoms with Crippen LogP contribution in [0.5, 0.6) is 11.5 Å². The van der Waals surface area contributed by atoms with Crippen molar-refractivity contribution in [3.8, 4) is 11.5 Å². The summed E-state index contributed by atoms with van der Waals surface area (Å²) in [6.45, 7) is 7.55. The lowest BCUT2D eigenvalue weighted by Crippen LogP contribution is -2.60. The van der Waals surface area contributed by atoms with E-state index in [1.54, 1.807) is 4.90 Å². The Kier molecular flexibility index (Phi) is 6.96. The minimum Gasteiger partial charge on any atom is -0.491 e. The van der Waals surface area contributed by atoms with Gasteiger partial charge >= 0.3 is 12.3 Å². The highest BCUT2D eigenvalue weighted by Gasteiger charge is 2.45. The maximum Gasteiger partial charge on any atom is 0.418 e. The highest BCUT2D eigenvalue weighted by Crippen LogP contribution is 2.41. The Morgan fingerprint density at radius 3 is 2.47 bits per heavy atom. The van der Waals surface area contributed by atoms with Crippen molar-refractivity contribution in [2.24, 2.45) is 5.41 Å². The summed E-state index contributed by atoms with van der Waals surface area (Å²) in [5.41, 5.74) is 0.283. The fraction of sp³-hybridized carbons (Fsp3) is 0.500. The first kappa shape index (κ1) is 24.6. The van der Waals surface area contributed by atoms with Gasteiger partial charge in [-0.05, 0) is 61.9 Å². The lowest BCUT2D eigenvalue weighted by Gasteiger charge is -2.54. The molecule has 0 radical (unpaired) electrons. The van der Waals surface area contributed by atoms with Gasteiger partial charge in [-0.1, -0.05) is 11.6 Å². The predicted octanol–water partition coefficient (Wildman–Crippen LogP) is 5.64. The topological polar surface area (TPSA) is 54.9 Å². The van der Waals surface area contributed by atoms with Gasteiger partial charge in [0.15, 0.2) is 5.75 Å². The number of ether oxygens (including phenoxy) is 2. The summed E-state index contributed by atoms with van der Waals surface area (Å²) in [5.74, 6) is 0.549. The number of hydrogen-bond acceptors (Lipinski definition) is 5. The molecule has 2 fully saturated rings. The quantitative estimate of drug-likeness (QED) is 0.535. The molecule has 2 aliphatic heterocycles. The van der Waals surface area contributed by atoms with Gasteiger partial charge in [-0.3, -0.25) is 9.88 Å². The van der Waals surface area contributed by atoms with Crippen LogP contribution in [0, 0.1) is 5.41 Å². The Bertz CT molecular complexity index is 1030. The van der Waals surface area contributed by atoms with Gasteiger partial charge in [0, 0.05) is 43.9 Å². The fourth-order valence-electron chi connectivity index (χ4n) is 4.60. The van der Waals surface area contributed by atoms with Crippen LogP contribution < -0.4 is 9.47 Å². The number of piperidine rings is 1.